The highest BCUT2D eigenvalue weighted by Gasteiger charge is 2.20. The summed E-state index contributed by atoms with van der Waals surface area (Å²) >= 11 is 1.56. The minimum absolute atomic E-state index is 0.0617. The van der Waals surface area contributed by atoms with Crippen molar-refractivity contribution in [1.82, 2.24) is 10.2 Å². The molecule has 4 nitrogen and oxygen atoms in total. The number of hydrogen-bond donors (Lipinski definition) is 1. The maximum Gasteiger partial charge on any atom is 0.252 e. The van der Waals surface area contributed by atoms with E-state index in [9.17, 15) is 4.79 Å². The van der Waals surface area contributed by atoms with Gasteiger partial charge in [-0.05, 0) is 24.3 Å². The molecule has 0 aliphatic carbocycles. The molecule has 1 saturated heterocycles. The predicted octanol–water partition coefficient (Wildman–Crippen LogP) is 1.59. The highest BCUT2D eigenvalue weighted by atomic mass is 32.1. The van der Waals surface area contributed by atoms with Crippen molar-refractivity contribution < 1.29 is 9.53 Å². The van der Waals surface area contributed by atoms with Crippen LogP contribution in [0.1, 0.15) is 23.2 Å². The number of ether oxygens (including phenoxy) is 1. The van der Waals surface area contributed by atoms with Crippen LogP contribution < -0.4 is 5.32 Å². The molecule has 1 fully saturated rings. The molecule has 0 radical (unpaired) electrons. The first-order valence-corrected chi connectivity index (χ1v) is 7.28. The number of nitrogens with zero attached hydrogens (tertiary/aromatic N) is 1. The Hall–Kier alpha value is -0.910. The van der Waals surface area contributed by atoms with Crippen molar-refractivity contribution in [2.24, 2.45) is 0 Å². The number of hydrogen-bond acceptors (Lipinski definition) is 4. The van der Waals surface area contributed by atoms with Crippen LogP contribution >= 0.6 is 11.3 Å². The molecule has 2 heterocycles. The summed E-state index contributed by atoms with van der Waals surface area (Å²) in [6.07, 6.45) is 2.05. The van der Waals surface area contributed by atoms with Gasteiger partial charge in [0.05, 0.1) is 6.61 Å². The SMILES string of the molecule is COCCN1CCC(NC(=O)c2ccsc2)CC1. The van der Waals surface area contributed by atoms with E-state index in [0.717, 1.165) is 44.6 Å². The first-order valence-electron chi connectivity index (χ1n) is 6.34. The summed E-state index contributed by atoms with van der Waals surface area (Å²) in [7, 11) is 1.73. The molecule has 0 atom stereocenters. The fraction of sp³-hybridized carbons (Fsp3) is 0.615. The van der Waals surface area contributed by atoms with E-state index < -0.39 is 0 Å². The van der Waals surface area contributed by atoms with Gasteiger partial charge in [0, 0.05) is 43.7 Å². The lowest BCUT2D eigenvalue weighted by Crippen LogP contribution is -2.45. The lowest BCUT2D eigenvalue weighted by molar-refractivity contribution is 0.0893. The predicted molar refractivity (Wildman–Crippen MR) is 73.1 cm³/mol. The number of carbonyl (C=O) groups excluding carboxylic acids is 1. The standard InChI is InChI=1S/C13H20N2O2S/c1-17-8-7-15-5-2-12(3-6-15)14-13(16)11-4-9-18-10-11/h4,9-10,12H,2-3,5-8H2,1H3,(H,14,16). The normalized spacial score (nSPS) is 17.8. The Morgan fingerprint density at radius 1 is 1.56 bits per heavy atom. The van der Waals surface area contributed by atoms with Crippen molar-refractivity contribution in [3.8, 4) is 0 Å². The van der Waals surface area contributed by atoms with Gasteiger partial charge in [0.2, 0.25) is 0 Å². The molecule has 5 heteroatoms. The van der Waals surface area contributed by atoms with Gasteiger partial charge in [0.1, 0.15) is 0 Å². The van der Waals surface area contributed by atoms with Gasteiger partial charge in [0.25, 0.3) is 5.91 Å². The smallest absolute Gasteiger partial charge is 0.252 e. The average molecular weight is 268 g/mol. The van der Waals surface area contributed by atoms with Crippen LogP contribution in [0.4, 0.5) is 0 Å². The van der Waals surface area contributed by atoms with Crippen molar-refractivity contribution in [2.75, 3.05) is 33.4 Å². The van der Waals surface area contributed by atoms with Gasteiger partial charge in [-0.2, -0.15) is 11.3 Å². The van der Waals surface area contributed by atoms with Gasteiger partial charge in [-0.1, -0.05) is 0 Å². The zero-order valence-electron chi connectivity index (χ0n) is 10.7. The van der Waals surface area contributed by atoms with E-state index in [-0.39, 0.29) is 5.91 Å². The van der Waals surface area contributed by atoms with Crippen LogP contribution in [-0.2, 0) is 4.74 Å². The Balaban J connectivity index is 1.72. The first kappa shape index (κ1) is 13.5. The molecule has 100 valence electrons. The van der Waals surface area contributed by atoms with E-state index in [2.05, 4.69) is 10.2 Å². The monoisotopic (exact) mass is 268 g/mol. The van der Waals surface area contributed by atoms with E-state index in [1.165, 1.54) is 0 Å². The zero-order chi connectivity index (χ0) is 12.8. The van der Waals surface area contributed by atoms with Crippen molar-refractivity contribution >= 4 is 17.2 Å². The second kappa shape index (κ2) is 6.87. The van der Waals surface area contributed by atoms with Crippen molar-refractivity contribution in [2.45, 2.75) is 18.9 Å². The molecule has 18 heavy (non-hydrogen) atoms. The summed E-state index contributed by atoms with van der Waals surface area (Å²) in [5, 5.41) is 6.93. The third kappa shape index (κ3) is 3.80. The molecule has 1 amide bonds. The maximum atomic E-state index is 11.9. The third-order valence-electron chi connectivity index (χ3n) is 3.32. The van der Waals surface area contributed by atoms with E-state index in [1.807, 2.05) is 16.8 Å². The fourth-order valence-electron chi connectivity index (χ4n) is 2.18. The van der Waals surface area contributed by atoms with Gasteiger partial charge in [-0.15, -0.1) is 0 Å². The molecular weight excluding hydrogens is 248 g/mol. The van der Waals surface area contributed by atoms with E-state index in [0.29, 0.717) is 6.04 Å². The van der Waals surface area contributed by atoms with Gasteiger partial charge >= 0.3 is 0 Å². The van der Waals surface area contributed by atoms with Crippen LogP contribution in [0.5, 0.6) is 0 Å². The van der Waals surface area contributed by atoms with Crippen LogP contribution in [0, 0.1) is 0 Å². The highest BCUT2D eigenvalue weighted by Crippen LogP contribution is 2.12. The summed E-state index contributed by atoms with van der Waals surface area (Å²) < 4.78 is 5.07. The summed E-state index contributed by atoms with van der Waals surface area (Å²) in [5.41, 5.74) is 0.779. The van der Waals surface area contributed by atoms with Gasteiger partial charge < -0.3 is 15.0 Å². The van der Waals surface area contributed by atoms with Crippen molar-refractivity contribution in [3.63, 3.8) is 0 Å². The Kier molecular flexibility index (Phi) is 5.16. The van der Waals surface area contributed by atoms with Crippen LogP contribution in [0.2, 0.25) is 0 Å². The van der Waals surface area contributed by atoms with Crippen molar-refractivity contribution in [1.29, 1.82) is 0 Å². The van der Waals surface area contributed by atoms with Crippen LogP contribution in [-0.4, -0.2) is 50.2 Å². The first-order chi connectivity index (χ1) is 8.79. The molecule has 1 N–H and O–H groups in total. The van der Waals surface area contributed by atoms with Gasteiger partial charge in [-0.3, -0.25) is 4.79 Å². The van der Waals surface area contributed by atoms with Crippen LogP contribution in [0.3, 0.4) is 0 Å². The van der Waals surface area contributed by atoms with Crippen LogP contribution in [0.25, 0.3) is 0 Å². The second-order valence-corrected chi connectivity index (χ2v) is 5.37. The minimum atomic E-state index is 0.0617. The molecule has 1 aromatic rings. The third-order valence-corrected chi connectivity index (χ3v) is 4.00. The second-order valence-electron chi connectivity index (χ2n) is 4.59. The Labute approximate surface area is 112 Å². The number of nitrogens with one attached hydrogen (secondary N) is 1. The Bertz CT molecular complexity index is 359. The number of amides is 1. The molecular formula is C13H20N2O2S. The summed E-state index contributed by atoms with van der Waals surface area (Å²) in [6, 6.07) is 2.18. The number of likely N-dealkylation sites (tertiary alicyclic amines) is 1. The number of thiophene rings is 1. The molecule has 1 aromatic heterocycles. The van der Waals surface area contributed by atoms with Gasteiger partial charge in [-0.25, -0.2) is 0 Å². The molecule has 1 aliphatic rings. The average Bonchev–Trinajstić information content (AvgIpc) is 2.92. The minimum Gasteiger partial charge on any atom is -0.383 e. The molecule has 0 aromatic carbocycles. The highest BCUT2D eigenvalue weighted by molar-refractivity contribution is 7.08. The fourth-order valence-corrected chi connectivity index (χ4v) is 2.82. The molecule has 0 spiro atoms. The number of methoxy groups -OCH3 is 1. The van der Waals surface area contributed by atoms with Gasteiger partial charge in [0.15, 0.2) is 0 Å². The largest absolute Gasteiger partial charge is 0.383 e. The lowest BCUT2D eigenvalue weighted by Gasteiger charge is -2.32. The molecule has 0 saturated carbocycles. The number of piperidine rings is 1. The molecule has 0 bridgehead atoms. The molecule has 1 aliphatic heterocycles. The molecule has 0 unspecified atom stereocenters. The van der Waals surface area contributed by atoms with Crippen LogP contribution in [0.15, 0.2) is 16.8 Å². The molecule has 2 rings (SSSR count). The quantitative estimate of drug-likeness (QED) is 0.881. The zero-order valence-corrected chi connectivity index (χ0v) is 11.5. The van der Waals surface area contributed by atoms with E-state index in [4.69, 9.17) is 4.74 Å². The summed E-state index contributed by atoms with van der Waals surface area (Å²) in [4.78, 5) is 14.3. The number of carbonyl (C=O) groups is 1. The lowest BCUT2D eigenvalue weighted by atomic mass is 10.0. The van der Waals surface area contributed by atoms with E-state index in [1.54, 1.807) is 18.4 Å². The summed E-state index contributed by atoms with van der Waals surface area (Å²) in [5.74, 6) is 0.0617. The maximum absolute atomic E-state index is 11.9. The summed E-state index contributed by atoms with van der Waals surface area (Å²) in [6.45, 7) is 3.85. The Morgan fingerprint density at radius 2 is 2.33 bits per heavy atom. The topological polar surface area (TPSA) is 41.6 Å². The number of rotatable bonds is 5. The van der Waals surface area contributed by atoms with E-state index >= 15 is 0 Å². The van der Waals surface area contributed by atoms with Crippen molar-refractivity contribution in [3.05, 3.63) is 22.4 Å². The Morgan fingerprint density at radius 3 is 2.94 bits per heavy atom.